The van der Waals surface area contributed by atoms with Gasteiger partial charge in [-0.3, -0.25) is 74.7 Å². The minimum absolute atomic E-state index is 0. The third-order valence-electron chi connectivity index (χ3n) is 0. The molecule has 0 aliphatic heterocycles. The van der Waals surface area contributed by atoms with Crippen LogP contribution in [-0.4, -0.2) is 109 Å². The minimum atomic E-state index is 0. The van der Waals surface area contributed by atoms with Gasteiger partial charge in [0.15, 0.2) is 0 Å². The van der Waals surface area contributed by atoms with E-state index in [-0.39, 0.29) is 103 Å². The molecule has 16 nitrogen and oxygen atoms in total. The molecule has 0 aromatic heterocycles. The van der Waals surface area contributed by atoms with Crippen LogP contribution in [0.4, 0.5) is 0 Å². The van der Waals surface area contributed by atoms with E-state index in [1.54, 1.807) is 0 Å². The zero-order valence-electron chi connectivity index (χ0n) is 15.8. The smallest absolute Gasteiger partial charge is 0.0319 e. The molecule has 0 amide bonds. The van der Waals surface area contributed by atoms with E-state index in [1.165, 1.54) is 0 Å². The number of carbonyl (C=O) groups excluding carboxylic acids is 11. The van der Waals surface area contributed by atoms with Crippen LogP contribution in [0, 0.1) is 0 Å². The van der Waals surface area contributed by atoms with Gasteiger partial charge in [0.1, 0.15) is 0 Å². The molecular formula is C12H23O16Re3Tc-11. The van der Waals surface area contributed by atoms with Crippen molar-refractivity contribution in [3.05, 3.63) is 0 Å². The molecule has 0 aromatic rings. The van der Waals surface area contributed by atoms with E-state index >= 15 is 0 Å². The summed E-state index contributed by atoms with van der Waals surface area (Å²) >= 11 is 0. The van der Waals surface area contributed by atoms with Crippen LogP contribution in [0.15, 0.2) is 0 Å². The van der Waals surface area contributed by atoms with Crippen molar-refractivity contribution >= 4 is 74.7 Å². The predicted molar refractivity (Wildman–Crippen MR) is 96.9 cm³/mol. The molecular weight excluding hydrogens is 1060 g/mol. The molecule has 206 valence electrons. The molecule has 0 aliphatic carbocycles. The molecule has 0 atom stereocenters. The van der Waals surface area contributed by atoms with E-state index in [0.717, 1.165) is 7.11 Å². The summed E-state index contributed by atoms with van der Waals surface area (Å²) in [6, 6.07) is 0. The third-order valence-corrected chi connectivity index (χ3v) is 0. The SMILES string of the molecule is CO.O.O.O.O.[99Tc].[CH-]=O.[CH-]=O.[CH-]=O.[CH-]=O.[CH-]=O.[CH-]=O.[CH-]=O.[CH-]=O.[CH-]=O.[CH-]=O.[CH-]=O.[Re].[Re].[Re]. The van der Waals surface area contributed by atoms with Gasteiger partial charge in [-0.15, -0.1) is 0 Å². The Kier molecular flexibility index (Phi) is 127000. The van der Waals surface area contributed by atoms with Crippen LogP contribution in [-0.2, 0) is 134 Å². The molecule has 0 aromatic carbocycles. The second-order valence-electron chi connectivity index (χ2n) is 0. The summed E-state index contributed by atoms with van der Waals surface area (Å²) in [5, 5.41) is 7.00. The van der Waals surface area contributed by atoms with Gasteiger partial charge in [0.05, 0.1) is 0 Å². The van der Waals surface area contributed by atoms with Gasteiger partial charge >= 0.3 is 0 Å². The summed E-state index contributed by atoms with van der Waals surface area (Å²) in [6.45, 7) is 35.8. The van der Waals surface area contributed by atoms with Gasteiger partial charge < -0.3 is 79.8 Å². The van der Waals surface area contributed by atoms with E-state index in [0.29, 0.717) is 0 Å². The Morgan fingerprint density at radius 1 is 0.281 bits per heavy atom. The summed E-state index contributed by atoms with van der Waals surface area (Å²) < 4.78 is 0. The van der Waals surface area contributed by atoms with Crippen molar-refractivity contribution in [1.29, 1.82) is 0 Å². The Labute approximate surface area is 241 Å². The predicted octanol–water partition coefficient (Wildman–Crippen LogP) is -6.72. The number of hydrogen-bond donors (Lipinski definition) is 1. The standard InChI is InChI=1S/CH4O.11CHO.4H2O.3Re.Tc/c12*1-2;;;;;;;;/h2H,1H3;11*1H;4*1H2;;;;/q;11*-1;;;;;;;;/i;;;;;;;;;;;;;;;;;;;1+1. The number of rotatable bonds is 0. The molecule has 4 radical (unpaired) electrons. The third kappa shape index (κ3) is 15600. The monoisotopic (exact) mass is 1080 g/mol. The molecule has 0 unspecified atom stereocenters. The number of aliphatic hydroxyl groups excluding tert-OH is 1. The molecule has 0 spiro atoms. The first kappa shape index (κ1) is 234. The molecule has 32 heavy (non-hydrogen) atoms. The van der Waals surface area contributed by atoms with Gasteiger partial charge in [-0.25, -0.2) is 0 Å². The topological polar surface area (TPSA) is 334 Å². The van der Waals surface area contributed by atoms with Gasteiger partial charge in [0.25, 0.3) is 0 Å². The van der Waals surface area contributed by atoms with Gasteiger partial charge in [0, 0.05) is 88.5 Å². The first-order valence-corrected chi connectivity index (χ1v) is 3.04. The largest absolute Gasteiger partial charge is 0.545 e. The average Bonchev–Trinajstić information content (AvgIpc) is 2.84. The van der Waals surface area contributed by atoms with E-state index in [1.807, 2.05) is 0 Å². The molecule has 0 bridgehead atoms. The van der Waals surface area contributed by atoms with E-state index in [2.05, 4.69) is 74.7 Å². The maximum absolute atomic E-state index is 7.75. The normalized spacial score (nSPS) is 1.56. The van der Waals surface area contributed by atoms with Crippen LogP contribution in [0.3, 0.4) is 0 Å². The fourth-order valence-corrected chi connectivity index (χ4v) is 0. The van der Waals surface area contributed by atoms with Crippen LogP contribution >= 0.6 is 0 Å². The van der Waals surface area contributed by atoms with E-state index in [9.17, 15) is 0 Å². The molecule has 0 saturated heterocycles. The first-order valence-electron chi connectivity index (χ1n) is 3.04. The van der Waals surface area contributed by atoms with Crippen LogP contribution in [0.5, 0.6) is 0 Å². The summed E-state index contributed by atoms with van der Waals surface area (Å²) in [5.74, 6) is 0. The van der Waals surface area contributed by atoms with E-state index < -0.39 is 0 Å². The van der Waals surface area contributed by atoms with Gasteiger partial charge in [-0.05, 0) is 0 Å². The van der Waals surface area contributed by atoms with Crippen molar-refractivity contribution in [3.63, 3.8) is 0 Å². The Bertz CT molecular complexity index is 86.3. The summed E-state index contributed by atoms with van der Waals surface area (Å²) in [7, 11) is 1.00. The summed E-state index contributed by atoms with van der Waals surface area (Å²) in [4.78, 5) is 85.2. The van der Waals surface area contributed by atoms with Crippen LogP contribution in [0.25, 0.3) is 0 Å². The molecule has 0 rings (SSSR count). The Morgan fingerprint density at radius 3 is 0.281 bits per heavy atom. The van der Waals surface area contributed by atoms with Gasteiger partial charge in [-0.1, -0.05) is 0 Å². The Hall–Kier alpha value is -1.19. The van der Waals surface area contributed by atoms with Crippen molar-refractivity contribution in [2.45, 2.75) is 0 Å². The molecule has 0 aliphatic rings. The first-order chi connectivity index (χ1) is 12.0. The zero-order valence-corrected chi connectivity index (χ0v) is 25.8. The average molecular weight is 1080 g/mol. The van der Waals surface area contributed by atoms with Crippen LogP contribution in [0.2, 0.25) is 0 Å². The fraction of sp³-hybridized carbons (Fsp3) is 0.0833. The van der Waals surface area contributed by atoms with Crippen molar-refractivity contribution < 1.29 is 161 Å². The van der Waals surface area contributed by atoms with Gasteiger partial charge in [-0.2, -0.15) is 0 Å². The fourth-order valence-electron chi connectivity index (χ4n) is 0. The zero-order chi connectivity index (χ0) is 24.0. The van der Waals surface area contributed by atoms with E-state index in [4.69, 9.17) is 57.8 Å². The minimum Gasteiger partial charge on any atom is -0.545 e. The van der Waals surface area contributed by atoms with Crippen LogP contribution in [0.1, 0.15) is 0 Å². The number of hydrogen-bond acceptors (Lipinski definition) is 12. The summed E-state index contributed by atoms with van der Waals surface area (Å²) in [6.07, 6.45) is 0. The Balaban J connectivity index is -0.00000000267. The molecule has 9 N–H and O–H groups in total. The maximum Gasteiger partial charge on any atom is 0.0319 e. The summed E-state index contributed by atoms with van der Waals surface area (Å²) in [5.41, 5.74) is 0. The second-order valence-corrected chi connectivity index (χ2v) is 0. The molecule has 20 heteroatoms. The maximum atomic E-state index is 7.75. The van der Waals surface area contributed by atoms with Crippen molar-refractivity contribution in [2.24, 2.45) is 0 Å². The quantitative estimate of drug-likeness (QED) is 0.175. The van der Waals surface area contributed by atoms with Crippen molar-refractivity contribution in [1.82, 2.24) is 0 Å². The second kappa shape index (κ2) is 17400. The van der Waals surface area contributed by atoms with Crippen molar-refractivity contribution in [2.75, 3.05) is 7.11 Å². The van der Waals surface area contributed by atoms with Crippen LogP contribution < -0.4 is 0 Å². The number of aliphatic hydroxyl groups is 1. The van der Waals surface area contributed by atoms with Gasteiger partial charge in [0.2, 0.25) is 0 Å². The van der Waals surface area contributed by atoms with Crippen molar-refractivity contribution in [3.8, 4) is 0 Å². The molecule has 0 fully saturated rings. The molecule has 0 saturated carbocycles. The Morgan fingerprint density at radius 2 is 0.281 bits per heavy atom. The molecule has 0 heterocycles.